The summed E-state index contributed by atoms with van der Waals surface area (Å²) in [5, 5.41) is 5.22. The van der Waals surface area contributed by atoms with Gasteiger partial charge in [-0.2, -0.15) is 0 Å². The van der Waals surface area contributed by atoms with Gasteiger partial charge in [0.15, 0.2) is 5.60 Å². The molecule has 130 valence electrons. The molecule has 0 bridgehead atoms. The molecule has 3 aromatic carbocycles. The molecular formula is C23H21NO2. The summed E-state index contributed by atoms with van der Waals surface area (Å²) >= 11 is 0. The zero-order chi connectivity index (χ0) is 17.6. The van der Waals surface area contributed by atoms with Gasteiger partial charge in [-0.3, -0.25) is 5.32 Å². The van der Waals surface area contributed by atoms with E-state index in [-0.39, 0.29) is 6.09 Å². The third-order valence-electron chi connectivity index (χ3n) is 5.87. The average Bonchev–Trinajstić information content (AvgIpc) is 2.64. The first kappa shape index (κ1) is 15.4. The molecule has 1 aliphatic heterocycles. The van der Waals surface area contributed by atoms with Gasteiger partial charge in [0.05, 0.1) is 5.69 Å². The average molecular weight is 343 g/mol. The number of carbonyl (C=O) groups is 1. The van der Waals surface area contributed by atoms with E-state index in [4.69, 9.17) is 4.74 Å². The molecule has 1 N–H and O–H groups in total. The molecule has 26 heavy (non-hydrogen) atoms. The number of hydrogen-bond donors (Lipinski definition) is 1. The lowest BCUT2D eigenvalue weighted by molar-refractivity contribution is 0.0139. The van der Waals surface area contributed by atoms with Crippen LogP contribution in [0.25, 0.3) is 10.8 Å². The monoisotopic (exact) mass is 343 g/mol. The lowest BCUT2D eigenvalue weighted by Gasteiger charge is -2.43. The van der Waals surface area contributed by atoms with Crippen molar-refractivity contribution in [2.45, 2.75) is 31.3 Å². The molecule has 1 saturated carbocycles. The first-order chi connectivity index (χ1) is 12.7. The van der Waals surface area contributed by atoms with Gasteiger partial charge in [0.25, 0.3) is 0 Å². The Labute approximate surface area is 153 Å². The van der Waals surface area contributed by atoms with Crippen LogP contribution in [0.1, 0.15) is 36.8 Å². The van der Waals surface area contributed by atoms with E-state index in [0.717, 1.165) is 28.6 Å². The fraction of sp³-hybridized carbons (Fsp3) is 0.261. The quantitative estimate of drug-likeness (QED) is 0.649. The second-order valence-corrected chi connectivity index (χ2v) is 7.45. The molecule has 1 unspecified atom stereocenters. The van der Waals surface area contributed by atoms with Crippen LogP contribution in [0.15, 0.2) is 66.7 Å². The summed E-state index contributed by atoms with van der Waals surface area (Å²) in [7, 11) is 0. The summed E-state index contributed by atoms with van der Waals surface area (Å²) < 4.78 is 6.09. The van der Waals surface area contributed by atoms with Gasteiger partial charge in [0, 0.05) is 11.1 Å². The highest BCUT2D eigenvalue weighted by molar-refractivity contribution is 5.95. The van der Waals surface area contributed by atoms with Gasteiger partial charge >= 0.3 is 6.09 Å². The predicted octanol–water partition coefficient (Wildman–Crippen LogP) is 5.84. The summed E-state index contributed by atoms with van der Waals surface area (Å²) in [5.41, 5.74) is 2.27. The van der Waals surface area contributed by atoms with Crippen molar-refractivity contribution < 1.29 is 9.53 Å². The van der Waals surface area contributed by atoms with E-state index in [9.17, 15) is 4.79 Å². The Morgan fingerprint density at radius 2 is 1.65 bits per heavy atom. The van der Waals surface area contributed by atoms with Crippen molar-refractivity contribution in [1.29, 1.82) is 0 Å². The Balaban J connectivity index is 1.76. The van der Waals surface area contributed by atoms with Gasteiger partial charge in [-0.25, -0.2) is 4.79 Å². The number of anilines is 1. The molecule has 1 fully saturated rings. The van der Waals surface area contributed by atoms with E-state index in [1.807, 2.05) is 30.3 Å². The number of amides is 1. The van der Waals surface area contributed by atoms with Gasteiger partial charge in [-0.1, -0.05) is 73.9 Å². The minimum atomic E-state index is -0.714. The molecule has 0 radical (unpaired) electrons. The fourth-order valence-electron chi connectivity index (χ4n) is 4.32. The number of ether oxygens (including phenoxy) is 1. The maximum absolute atomic E-state index is 12.5. The smallest absolute Gasteiger partial charge is 0.412 e. The maximum Gasteiger partial charge on any atom is 0.412 e. The third-order valence-corrected chi connectivity index (χ3v) is 5.87. The first-order valence-corrected chi connectivity index (χ1v) is 9.33. The number of benzene rings is 3. The van der Waals surface area contributed by atoms with Crippen LogP contribution in [0.4, 0.5) is 10.5 Å². The molecule has 3 heteroatoms. The van der Waals surface area contributed by atoms with Crippen LogP contribution in [-0.4, -0.2) is 6.09 Å². The summed E-state index contributed by atoms with van der Waals surface area (Å²) in [6, 6.07) is 22.7. The van der Waals surface area contributed by atoms with E-state index < -0.39 is 5.60 Å². The van der Waals surface area contributed by atoms with Crippen LogP contribution in [-0.2, 0) is 10.3 Å². The number of fused-ring (bicyclic) bond motifs is 2. The van der Waals surface area contributed by atoms with Gasteiger partial charge in [-0.15, -0.1) is 0 Å². The largest absolute Gasteiger partial charge is 0.433 e. The van der Waals surface area contributed by atoms with Crippen LogP contribution in [0.3, 0.4) is 0 Å². The Morgan fingerprint density at radius 3 is 2.35 bits per heavy atom. The molecule has 0 aromatic heterocycles. The predicted molar refractivity (Wildman–Crippen MR) is 103 cm³/mol. The molecule has 0 spiro atoms. The van der Waals surface area contributed by atoms with Crippen LogP contribution in [0, 0.1) is 5.92 Å². The highest BCUT2D eigenvalue weighted by atomic mass is 16.6. The zero-order valence-corrected chi connectivity index (χ0v) is 14.6. The van der Waals surface area contributed by atoms with E-state index >= 15 is 0 Å². The molecule has 1 amide bonds. The Hall–Kier alpha value is -2.81. The van der Waals surface area contributed by atoms with Crippen LogP contribution < -0.4 is 5.32 Å². The molecule has 3 aromatic rings. The highest BCUT2D eigenvalue weighted by Crippen LogP contribution is 2.49. The lowest BCUT2D eigenvalue weighted by atomic mass is 9.71. The van der Waals surface area contributed by atoms with Crippen molar-refractivity contribution in [2.75, 3.05) is 5.32 Å². The Kier molecular flexibility index (Phi) is 3.49. The Morgan fingerprint density at radius 1 is 0.962 bits per heavy atom. The zero-order valence-electron chi connectivity index (χ0n) is 14.6. The summed E-state index contributed by atoms with van der Waals surface area (Å²) in [6.45, 7) is 0. The van der Waals surface area contributed by atoms with Crippen molar-refractivity contribution in [2.24, 2.45) is 5.92 Å². The van der Waals surface area contributed by atoms with Gasteiger partial charge in [0.2, 0.25) is 0 Å². The molecule has 3 nitrogen and oxygen atoms in total. The highest BCUT2D eigenvalue weighted by Gasteiger charge is 2.46. The van der Waals surface area contributed by atoms with E-state index in [1.54, 1.807) is 0 Å². The number of hydrogen-bond acceptors (Lipinski definition) is 2. The molecule has 5 rings (SSSR count). The van der Waals surface area contributed by atoms with Crippen molar-refractivity contribution in [3.63, 3.8) is 0 Å². The number of rotatable bonds is 3. The number of carbonyl (C=O) groups excluding carboxylic acids is 1. The maximum atomic E-state index is 12.5. The van der Waals surface area contributed by atoms with E-state index in [2.05, 4.69) is 41.7 Å². The Bertz CT molecular complexity index is 978. The van der Waals surface area contributed by atoms with Crippen LogP contribution >= 0.6 is 0 Å². The summed E-state index contributed by atoms with van der Waals surface area (Å²) in [6.07, 6.45) is 4.17. The van der Waals surface area contributed by atoms with Crippen LogP contribution in [0.2, 0.25) is 0 Å². The summed E-state index contributed by atoms with van der Waals surface area (Å²) in [5.74, 6) is 0.598. The van der Waals surface area contributed by atoms with Crippen molar-refractivity contribution in [3.8, 4) is 0 Å². The number of nitrogens with one attached hydrogen (secondary N) is 1. The molecule has 1 atom stereocenters. The van der Waals surface area contributed by atoms with Gasteiger partial charge < -0.3 is 4.74 Å². The first-order valence-electron chi connectivity index (χ1n) is 9.33. The van der Waals surface area contributed by atoms with Crippen LogP contribution in [0.5, 0.6) is 0 Å². The van der Waals surface area contributed by atoms with Crippen molar-refractivity contribution in [1.82, 2.24) is 0 Å². The summed E-state index contributed by atoms with van der Waals surface area (Å²) in [4.78, 5) is 12.5. The topological polar surface area (TPSA) is 38.3 Å². The van der Waals surface area contributed by atoms with Crippen molar-refractivity contribution >= 4 is 22.6 Å². The second kappa shape index (κ2) is 5.87. The minimum absolute atomic E-state index is 0.365. The normalized spacial score (nSPS) is 22.2. The van der Waals surface area contributed by atoms with E-state index in [0.29, 0.717) is 5.92 Å². The fourth-order valence-corrected chi connectivity index (χ4v) is 4.32. The van der Waals surface area contributed by atoms with Gasteiger partial charge in [0.1, 0.15) is 0 Å². The van der Waals surface area contributed by atoms with Crippen molar-refractivity contribution in [3.05, 3.63) is 77.9 Å². The molecule has 0 saturated heterocycles. The standard InChI is InChI=1S/C23H21NO2/c25-22-24-21-14-18-10-5-4-9-17(18)13-20(21)23(26-22,15-16-7-6-8-16)19-11-2-1-3-12-19/h1-5,9-14,16H,6-8,15H2,(H,24,25). The van der Waals surface area contributed by atoms with Gasteiger partial charge in [-0.05, 0) is 35.2 Å². The molecule has 1 heterocycles. The number of cyclic esters (lactones) is 1. The molecular weight excluding hydrogens is 322 g/mol. The minimum Gasteiger partial charge on any atom is -0.433 e. The molecule has 1 aliphatic carbocycles. The SMILES string of the molecule is O=C1Nc2cc3ccccc3cc2C(CC2CCC2)(c2ccccc2)O1. The second-order valence-electron chi connectivity index (χ2n) is 7.45. The third kappa shape index (κ3) is 2.38. The van der Waals surface area contributed by atoms with E-state index in [1.165, 1.54) is 24.6 Å². The lowest BCUT2D eigenvalue weighted by Crippen LogP contribution is -2.42. The molecule has 2 aliphatic rings.